The quantitative estimate of drug-likeness (QED) is 0.684. The maximum absolute atomic E-state index is 9.66. The lowest BCUT2D eigenvalue weighted by molar-refractivity contribution is 0.0161. The van der Waals surface area contributed by atoms with E-state index in [1.165, 1.54) is 0 Å². The molecule has 0 amide bonds. The Labute approximate surface area is 65.6 Å². The zero-order valence-electron chi connectivity index (χ0n) is 6.32. The van der Waals surface area contributed by atoms with Crippen molar-refractivity contribution in [2.75, 3.05) is 5.33 Å². The highest BCUT2D eigenvalue weighted by Crippen LogP contribution is 2.22. The lowest BCUT2D eigenvalue weighted by atomic mass is 9.90. The number of alkyl halides is 1. The first-order valence-corrected chi connectivity index (χ1v) is 4.47. The number of hydrogen-bond acceptors (Lipinski definition) is 1. The Morgan fingerprint density at radius 1 is 1.56 bits per heavy atom. The second kappa shape index (κ2) is 3.57. The average Bonchev–Trinajstić information content (AvgIpc) is 1.86. The highest BCUT2D eigenvalue weighted by molar-refractivity contribution is 9.09. The minimum absolute atomic E-state index is 0.335. The van der Waals surface area contributed by atoms with Gasteiger partial charge in [0.05, 0.1) is 5.60 Å². The van der Waals surface area contributed by atoms with Crippen molar-refractivity contribution in [2.45, 2.75) is 32.8 Å². The summed E-state index contributed by atoms with van der Waals surface area (Å²) in [5, 5.41) is 10.3. The van der Waals surface area contributed by atoms with Gasteiger partial charge in [0, 0.05) is 5.33 Å². The molecule has 0 spiro atoms. The molecule has 1 N–H and O–H groups in total. The molecule has 0 aromatic carbocycles. The van der Waals surface area contributed by atoms with E-state index in [0.29, 0.717) is 11.2 Å². The predicted molar refractivity (Wildman–Crippen MR) is 43.9 cm³/mol. The molecule has 2 heteroatoms. The van der Waals surface area contributed by atoms with E-state index in [9.17, 15) is 5.11 Å². The van der Waals surface area contributed by atoms with Crippen LogP contribution in [0, 0.1) is 5.92 Å². The van der Waals surface area contributed by atoms with E-state index in [2.05, 4.69) is 15.9 Å². The third-order valence-electron chi connectivity index (χ3n) is 1.92. The van der Waals surface area contributed by atoms with Crippen LogP contribution in [0.25, 0.3) is 0 Å². The first-order valence-electron chi connectivity index (χ1n) is 3.35. The fourth-order valence-corrected chi connectivity index (χ4v) is 1.70. The van der Waals surface area contributed by atoms with Crippen molar-refractivity contribution in [3.05, 3.63) is 0 Å². The van der Waals surface area contributed by atoms with Crippen molar-refractivity contribution in [3.63, 3.8) is 0 Å². The van der Waals surface area contributed by atoms with Crippen molar-refractivity contribution in [1.82, 2.24) is 0 Å². The van der Waals surface area contributed by atoms with E-state index in [4.69, 9.17) is 0 Å². The molecule has 0 saturated carbocycles. The summed E-state index contributed by atoms with van der Waals surface area (Å²) in [6.45, 7) is 6.07. The van der Waals surface area contributed by atoms with Gasteiger partial charge in [0.1, 0.15) is 0 Å². The molecule has 0 saturated heterocycles. The van der Waals surface area contributed by atoms with Crippen LogP contribution >= 0.6 is 15.9 Å². The van der Waals surface area contributed by atoms with Crippen LogP contribution in [0.15, 0.2) is 0 Å². The molecule has 0 radical (unpaired) electrons. The minimum atomic E-state index is -0.500. The van der Waals surface area contributed by atoms with Gasteiger partial charge in [-0.1, -0.05) is 36.7 Å². The third kappa shape index (κ3) is 2.26. The molecule has 0 aromatic rings. The summed E-state index contributed by atoms with van der Waals surface area (Å²) in [5.74, 6) is 0.335. The molecule has 0 aliphatic rings. The monoisotopic (exact) mass is 194 g/mol. The van der Waals surface area contributed by atoms with Crippen molar-refractivity contribution in [2.24, 2.45) is 5.92 Å². The van der Waals surface area contributed by atoms with Crippen LogP contribution in [0.5, 0.6) is 0 Å². The molecule has 0 fully saturated rings. The molecule has 0 aromatic heterocycles. The van der Waals surface area contributed by atoms with E-state index in [1.807, 2.05) is 20.8 Å². The highest BCUT2D eigenvalue weighted by Gasteiger charge is 2.26. The maximum Gasteiger partial charge on any atom is 0.0764 e. The van der Waals surface area contributed by atoms with Crippen LogP contribution in [0.3, 0.4) is 0 Å². The molecule has 0 rings (SSSR count). The van der Waals surface area contributed by atoms with Crippen LogP contribution in [-0.4, -0.2) is 16.0 Å². The Balaban J connectivity index is 3.92. The first kappa shape index (κ1) is 9.44. The Kier molecular flexibility index (Phi) is 3.74. The van der Waals surface area contributed by atoms with Gasteiger partial charge in [-0.05, 0) is 12.3 Å². The fourth-order valence-electron chi connectivity index (χ4n) is 0.657. The zero-order valence-corrected chi connectivity index (χ0v) is 7.90. The summed E-state index contributed by atoms with van der Waals surface area (Å²) >= 11 is 3.28. The smallest absolute Gasteiger partial charge is 0.0764 e. The Bertz CT molecular complexity index is 77.0. The third-order valence-corrected chi connectivity index (χ3v) is 2.89. The van der Waals surface area contributed by atoms with Gasteiger partial charge in [-0.15, -0.1) is 0 Å². The summed E-state index contributed by atoms with van der Waals surface area (Å²) in [4.78, 5) is 0. The van der Waals surface area contributed by atoms with Gasteiger partial charge in [-0.3, -0.25) is 0 Å². The summed E-state index contributed by atoms with van der Waals surface area (Å²) in [7, 11) is 0. The second-order valence-corrected chi connectivity index (χ2v) is 3.31. The van der Waals surface area contributed by atoms with E-state index < -0.39 is 5.60 Å². The number of hydrogen-bond donors (Lipinski definition) is 1. The standard InChI is InChI=1S/C7H15BrO/c1-4-7(9,5-8)6(2)3/h6,9H,4-5H2,1-3H3. The molecule has 1 atom stereocenters. The Morgan fingerprint density at radius 3 is 2.00 bits per heavy atom. The van der Waals surface area contributed by atoms with Crippen LogP contribution in [-0.2, 0) is 0 Å². The van der Waals surface area contributed by atoms with E-state index in [1.54, 1.807) is 0 Å². The molecule has 9 heavy (non-hydrogen) atoms. The summed E-state index contributed by atoms with van der Waals surface area (Å²) < 4.78 is 0. The lowest BCUT2D eigenvalue weighted by Crippen LogP contribution is -2.35. The van der Waals surface area contributed by atoms with Gasteiger partial charge in [0.15, 0.2) is 0 Å². The second-order valence-electron chi connectivity index (χ2n) is 2.75. The van der Waals surface area contributed by atoms with Crippen LogP contribution in [0.1, 0.15) is 27.2 Å². The largest absolute Gasteiger partial charge is 0.389 e. The van der Waals surface area contributed by atoms with Gasteiger partial charge in [0.2, 0.25) is 0 Å². The average molecular weight is 195 g/mol. The first-order chi connectivity index (χ1) is 4.06. The van der Waals surface area contributed by atoms with E-state index in [-0.39, 0.29) is 0 Å². The summed E-state index contributed by atoms with van der Waals surface area (Å²) in [5.41, 5.74) is -0.500. The molecule has 1 unspecified atom stereocenters. The molecular formula is C7H15BrO. The molecular weight excluding hydrogens is 180 g/mol. The maximum atomic E-state index is 9.66. The molecule has 1 nitrogen and oxygen atoms in total. The van der Waals surface area contributed by atoms with Gasteiger partial charge < -0.3 is 5.11 Å². The molecule has 0 aliphatic carbocycles. The lowest BCUT2D eigenvalue weighted by Gasteiger charge is -2.28. The topological polar surface area (TPSA) is 20.2 Å². The highest BCUT2D eigenvalue weighted by atomic mass is 79.9. The SMILES string of the molecule is CCC(O)(CBr)C(C)C. The Hall–Kier alpha value is 0.440. The van der Waals surface area contributed by atoms with Crippen molar-refractivity contribution >= 4 is 15.9 Å². The summed E-state index contributed by atoms with van der Waals surface area (Å²) in [6.07, 6.45) is 0.815. The van der Waals surface area contributed by atoms with Crippen LogP contribution < -0.4 is 0 Å². The minimum Gasteiger partial charge on any atom is -0.389 e. The Morgan fingerprint density at radius 2 is 2.00 bits per heavy atom. The van der Waals surface area contributed by atoms with Crippen LogP contribution in [0.2, 0.25) is 0 Å². The summed E-state index contributed by atoms with van der Waals surface area (Å²) in [6, 6.07) is 0. The van der Waals surface area contributed by atoms with Gasteiger partial charge >= 0.3 is 0 Å². The number of halogens is 1. The predicted octanol–water partition coefficient (Wildman–Crippen LogP) is 2.18. The molecule has 56 valence electrons. The number of aliphatic hydroxyl groups is 1. The molecule has 0 heterocycles. The molecule has 0 aliphatic heterocycles. The van der Waals surface area contributed by atoms with Gasteiger partial charge in [-0.2, -0.15) is 0 Å². The zero-order chi connectivity index (χ0) is 7.49. The van der Waals surface area contributed by atoms with Crippen molar-refractivity contribution in [1.29, 1.82) is 0 Å². The van der Waals surface area contributed by atoms with Crippen molar-refractivity contribution in [3.8, 4) is 0 Å². The normalized spacial score (nSPS) is 18.0. The van der Waals surface area contributed by atoms with Crippen molar-refractivity contribution < 1.29 is 5.11 Å². The number of rotatable bonds is 3. The molecule has 0 bridgehead atoms. The van der Waals surface area contributed by atoms with Crippen LogP contribution in [0.4, 0.5) is 0 Å². The van der Waals surface area contributed by atoms with E-state index >= 15 is 0 Å². The van der Waals surface area contributed by atoms with Gasteiger partial charge in [-0.25, -0.2) is 0 Å². The van der Waals surface area contributed by atoms with E-state index in [0.717, 1.165) is 6.42 Å². The van der Waals surface area contributed by atoms with Gasteiger partial charge in [0.25, 0.3) is 0 Å². The fraction of sp³-hybridized carbons (Fsp3) is 1.00.